The fourth-order valence-corrected chi connectivity index (χ4v) is 3.84. The van der Waals surface area contributed by atoms with E-state index < -0.39 is 15.6 Å². The van der Waals surface area contributed by atoms with Gasteiger partial charge in [-0.15, -0.1) is 0 Å². The first-order valence-corrected chi connectivity index (χ1v) is 9.70. The summed E-state index contributed by atoms with van der Waals surface area (Å²) in [6, 6.07) is 8.18. The van der Waals surface area contributed by atoms with Gasteiger partial charge in [-0.25, -0.2) is 8.42 Å². The smallest absolute Gasteiger partial charge is 0.211 e. The highest BCUT2D eigenvalue weighted by Gasteiger charge is 2.30. The first-order valence-electron chi connectivity index (χ1n) is 7.85. The Morgan fingerprint density at radius 1 is 0.955 bits per heavy atom. The third kappa shape index (κ3) is 6.09. The summed E-state index contributed by atoms with van der Waals surface area (Å²) in [6.45, 7) is 12.9. The molecule has 0 aliphatic carbocycles. The third-order valence-electron chi connectivity index (χ3n) is 3.73. The van der Waals surface area contributed by atoms with Crippen LogP contribution < -0.4 is 0 Å². The average molecular weight is 326 g/mol. The molecule has 0 spiro atoms. The van der Waals surface area contributed by atoms with E-state index in [-0.39, 0.29) is 5.41 Å². The van der Waals surface area contributed by atoms with Crippen molar-refractivity contribution in [2.75, 3.05) is 6.26 Å². The van der Waals surface area contributed by atoms with E-state index >= 15 is 0 Å². The summed E-state index contributed by atoms with van der Waals surface area (Å²) in [5.74, 6) is 0. The van der Waals surface area contributed by atoms with Crippen LogP contribution in [0.2, 0.25) is 0 Å². The highest BCUT2D eigenvalue weighted by atomic mass is 32.2. The molecule has 0 bridgehead atoms. The van der Waals surface area contributed by atoms with Crippen LogP contribution in [0.1, 0.15) is 59.1 Å². The number of hydrogen-bond donors (Lipinski definition) is 0. The quantitative estimate of drug-likeness (QED) is 0.812. The number of aryl methyl sites for hydroxylation is 1. The lowest BCUT2D eigenvalue weighted by atomic mass is 9.87. The maximum Gasteiger partial charge on any atom is 0.211 e. The van der Waals surface area contributed by atoms with Gasteiger partial charge < -0.3 is 0 Å². The highest BCUT2D eigenvalue weighted by molar-refractivity contribution is 7.88. The lowest BCUT2D eigenvalue weighted by molar-refractivity contribution is 0.243. The van der Waals surface area contributed by atoms with E-state index in [0.717, 1.165) is 18.4 Å². The highest BCUT2D eigenvalue weighted by Crippen LogP contribution is 2.26. The van der Waals surface area contributed by atoms with Crippen molar-refractivity contribution in [2.45, 2.75) is 66.5 Å². The van der Waals surface area contributed by atoms with Crippen molar-refractivity contribution in [3.8, 4) is 0 Å². The Morgan fingerprint density at radius 3 is 1.86 bits per heavy atom. The SMILES string of the molecule is CC(C)(C)CCc1ccccc1CN(C(C)(C)C)S(C)(=O)=O. The summed E-state index contributed by atoms with van der Waals surface area (Å²) < 4.78 is 25.9. The van der Waals surface area contributed by atoms with Gasteiger partial charge in [-0.05, 0) is 50.2 Å². The molecule has 0 amide bonds. The summed E-state index contributed by atoms with van der Waals surface area (Å²) >= 11 is 0. The van der Waals surface area contributed by atoms with Gasteiger partial charge in [0.05, 0.1) is 6.26 Å². The first-order chi connectivity index (χ1) is 9.81. The maximum absolute atomic E-state index is 12.1. The van der Waals surface area contributed by atoms with Gasteiger partial charge in [0, 0.05) is 12.1 Å². The molecular weight excluding hydrogens is 294 g/mol. The first kappa shape index (κ1) is 19.2. The Morgan fingerprint density at radius 2 is 1.45 bits per heavy atom. The van der Waals surface area contributed by atoms with Crippen LogP contribution in [0.15, 0.2) is 24.3 Å². The van der Waals surface area contributed by atoms with Crippen LogP contribution in [-0.2, 0) is 23.0 Å². The molecule has 0 aromatic heterocycles. The molecule has 1 aromatic rings. The van der Waals surface area contributed by atoms with Crippen LogP contribution in [0.25, 0.3) is 0 Å². The summed E-state index contributed by atoms with van der Waals surface area (Å²) in [5, 5.41) is 0. The number of sulfonamides is 1. The minimum atomic E-state index is -3.25. The molecule has 0 fully saturated rings. The summed E-state index contributed by atoms with van der Waals surface area (Å²) in [4.78, 5) is 0. The molecule has 0 unspecified atom stereocenters. The molecule has 1 rings (SSSR count). The Labute approximate surface area is 136 Å². The maximum atomic E-state index is 12.1. The fraction of sp³-hybridized carbons (Fsp3) is 0.667. The molecule has 126 valence electrons. The van der Waals surface area contributed by atoms with Crippen LogP contribution in [0, 0.1) is 5.41 Å². The van der Waals surface area contributed by atoms with Gasteiger partial charge in [-0.2, -0.15) is 4.31 Å². The molecule has 0 heterocycles. The molecule has 0 radical (unpaired) electrons. The molecule has 0 atom stereocenters. The van der Waals surface area contributed by atoms with E-state index in [9.17, 15) is 8.42 Å². The predicted octanol–water partition coefficient (Wildman–Crippen LogP) is 4.23. The molecule has 3 nitrogen and oxygen atoms in total. The van der Waals surface area contributed by atoms with E-state index in [2.05, 4.69) is 26.8 Å². The molecule has 0 saturated carbocycles. The normalized spacial score (nSPS) is 13.6. The lowest BCUT2D eigenvalue weighted by Gasteiger charge is -2.34. The van der Waals surface area contributed by atoms with Crippen molar-refractivity contribution in [1.82, 2.24) is 4.31 Å². The van der Waals surface area contributed by atoms with Gasteiger partial charge in [-0.3, -0.25) is 0 Å². The van der Waals surface area contributed by atoms with Crippen molar-refractivity contribution in [3.05, 3.63) is 35.4 Å². The zero-order valence-corrected chi connectivity index (χ0v) is 15.9. The monoisotopic (exact) mass is 325 g/mol. The molecule has 0 saturated heterocycles. The second-order valence-corrected chi connectivity index (χ2v) is 10.2. The van der Waals surface area contributed by atoms with Crippen molar-refractivity contribution in [1.29, 1.82) is 0 Å². The number of nitrogens with zero attached hydrogens (tertiary/aromatic N) is 1. The molecule has 1 aromatic carbocycles. The topological polar surface area (TPSA) is 37.4 Å². The van der Waals surface area contributed by atoms with E-state index in [4.69, 9.17) is 0 Å². The fourth-order valence-electron chi connectivity index (χ4n) is 2.47. The van der Waals surface area contributed by atoms with Crippen LogP contribution in [0.3, 0.4) is 0 Å². The van der Waals surface area contributed by atoms with Crippen molar-refractivity contribution in [3.63, 3.8) is 0 Å². The van der Waals surface area contributed by atoms with Gasteiger partial charge >= 0.3 is 0 Å². The molecule has 0 aliphatic rings. The van der Waals surface area contributed by atoms with Gasteiger partial charge in [0.2, 0.25) is 10.0 Å². The molecule has 4 heteroatoms. The molecule has 0 N–H and O–H groups in total. The number of hydrogen-bond acceptors (Lipinski definition) is 2. The second-order valence-electron chi connectivity index (χ2n) is 8.27. The van der Waals surface area contributed by atoms with Crippen molar-refractivity contribution in [2.24, 2.45) is 5.41 Å². The largest absolute Gasteiger partial charge is 0.212 e. The van der Waals surface area contributed by atoms with E-state index in [0.29, 0.717) is 6.54 Å². The van der Waals surface area contributed by atoms with Gasteiger partial charge in [0.25, 0.3) is 0 Å². The van der Waals surface area contributed by atoms with E-state index in [1.165, 1.54) is 11.8 Å². The Balaban J connectivity index is 3.06. The van der Waals surface area contributed by atoms with Crippen LogP contribution in [0.4, 0.5) is 0 Å². The molecule has 0 aliphatic heterocycles. The Hall–Kier alpha value is -0.870. The van der Waals surface area contributed by atoms with Gasteiger partial charge in [0.15, 0.2) is 0 Å². The summed E-state index contributed by atoms with van der Waals surface area (Å²) in [6.07, 6.45) is 3.34. The lowest BCUT2D eigenvalue weighted by Crippen LogP contribution is -2.44. The van der Waals surface area contributed by atoms with Crippen LogP contribution in [-0.4, -0.2) is 24.5 Å². The van der Waals surface area contributed by atoms with Crippen molar-refractivity contribution < 1.29 is 8.42 Å². The molecule has 22 heavy (non-hydrogen) atoms. The minimum Gasteiger partial charge on any atom is -0.212 e. The molecular formula is C18H31NO2S. The van der Waals surface area contributed by atoms with Gasteiger partial charge in [0.1, 0.15) is 0 Å². The predicted molar refractivity (Wildman–Crippen MR) is 94.4 cm³/mol. The zero-order chi connectivity index (χ0) is 17.2. The summed E-state index contributed by atoms with van der Waals surface area (Å²) in [7, 11) is -3.25. The average Bonchev–Trinajstić information content (AvgIpc) is 2.30. The van der Waals surface area contributed by atoms with Crippen molar-refractivity contribution >= 4 is 10.0 Å². The van der Waals surface area contributed by atoms with Crippen LogP contribution in [0.5, 0.6) is 0 Å². The standard InChI is InChI=1S/C18H31NO2S/c1-17(2,3)13-12-15-10-8-9-11-16(15)14-19(18(4,5)6)22(7,20)21/h8-11H,12-14H2,1-7H3. The van der Waals surface area contributed by atoms with Gasteiger partial charge in [-0.1, -0.05) is 45.0 Å². The second kappa shape index (κ2) is 6.71. The third-order valence-corrected chi connectivity index (χ3v) is 5.20. The number of rotatable bonds is 5. The van der Waals surface area contributed by atoms with Crippen LogP contribution >= 0.6 is 0 Å². The number of benzene rings is 1. The Kier molecular flexibility index (Phi) is 5.85. The summed E-state index contributed by atoms with van der Waals surface area (Å²) in [5.41, 5.74) is 2.20. The minimum absolute atomic E-state index is 0.271. The van der Waals surface area contributed by atoms with E-state index in [1.807, 2.05) is 39.0 Å². The van der Waals surface area contributed by atoms with E-state index in [1.54, 1.807) is 4.31 Å². The zero-order valence-electron chi connectivity index (χ0n) is 15.1. The Bertz CT molecular complexity index is 592.